The number of carbonyl (C=O) groups excluding carboxylic acids is 2. The van der Waals surface area contributed by atoms with Crippen molar-refractivity contribution < 1.29 is 39.5 Å². The van der Waals surface area contributed by atoms with Gasteiger partial charge in [0.1, 0.15) is 0 Å². The Balaban J connectivity index is 4.39. The number of carbonyl (C=O) groups is 2. The molecular formula is C64H128N2O8S2. The van der Waals surface area contributed by atoms with Crippen molar-refractivity contribution in [2.75, 3.05) is 77.2 Å². The summed E-state index contributed by atoms with van der Waals surface area (Å²) in [6.45, 7) is 14.8. The van der Waals surface area contributed by atoms with E-state index in [0.29, 0.717) is 77.0 Å². The largest absolute Gasteiger partial charge is 0.392 e. The van der Waals surface area contributed by atoms with Gasteiger partial charge in [-0.05, 0) is 64.5 Å². The molecule has 0 fully saturated rings. The van der Waals surface area contributed by atoms with Crippen molar-refractivity contribution in [1.29, 1.82) is 0 Å². The minimum Gasteiger partial charge on any atom is -0.392 e. The maximum Gasteiger partial charge on any atom is 0.189 e. The van der Waals surface area contributed by atoms with Crippen LogP contribution in [0.2, 0.25) is 0 Å². The van der Waals surface area contributed by atoms with E-state index >= 15 is 0 Å². The van der Waals surface area contributed by atoms with Crippen LogP contribution in [0.25, 0.3) is 0 Å². The average molecular weight is 1120 g/mol. The van der Waals surface area contributed by atoms with Gasteiger partial charge in [0.15, 0.2) is 10.2 Å². The van der Waals surface area contributed by atoms with Gasteiger partial charge in [-0.1, -0.05) is 257 Å². The lowest BCUT2D eigenvalue weighted by Crippen LogP contribution is -2.38. The fourth-order valence-electron chi connectivity index (χ4n) is 10.2. The fraction of sp³-hybridized carbons (Fsp3) is 0.969. The first kappa shape index (κ1) is 75.7. The van der Waals surface area contributed by atoms with Crippen LogP contribution >= 0.6 is 23.5 Å². The van der Waals surface area contributed by atoms with Crippen LogP contribution in [0.15, 0.2) is 0 Å². The molecule has 0 aliphatic heterocycles. The van der Waals surface area contributed by atoms with Gasteiger partial charge in [0.2, 0.25) is 0 Å². The number of nitrogens with zero attached hydrogens (tertiary/aromatic N) is 2. The predicted octanol–water partition coefficient (Wildman–Crippen LogP) is 16.1. The van der Waals surface area contributed by atoms with Crippen molar-refractivity contribution in [3.05, 3.63) is 0 Å². The molecule has 0 aromatic rings. The molecule has 0 saturated carbocycles. The summed E-state index contributed by atoms with van der Waals surface area (Å²) in [5, 5.41) is 44.2. The number of aliphatic hydroxyl groups excluding tert-OH is 4. The van der Waals surface area contributed by atoms with Crippen molar-refractivity contribution in [3.63, 3.8) is 0 Å². The van der Waals surface area contributed by atoms with Gasteiger partial charge in [0, 0.05) is 50.5 Å². The molecule has 0 aliphatic rings. The molecule has 76 heavy (non-hydrogen) atoms. The van der Waals surface area contributed by atoms with Crippen LogP contribution in [0.5, 0.6) is 0 Å². The van der Waals surface area contributed by atoms with Gasteiger partial charge in [0.05, 0.1) is 50.8 Å². The molecule has 0 heterocycles. The second kappa shape index (κ2) is 60.8. The number of unbranched alkanes of at least 4 members (excludes halogenated alkanes) is 30. The smallest absolute Gasteiger partial charge is 0.189 e. The summed E-state index contributed by atoms with van der Waals surface area (Å²) in [7, 11) is 0. The number of thioether (sulfide) groups is 2. The van der Waals surface area contributed by atoms with E-state index in [1.54, 1.807) is 0 Å². The van der Waals surface area contributed by atoms with Crippen molar-refractivity contribution >= 4 is 33.8 Å². The van der Waals surface area contributed by atoms with Gasteiger partial charge >= 0.3 is 0 Å². The lowest BCUT2D eigenvalue weighted by molar-refractivity contribution is -0.111. The lowest BCUT2D eigenvalue weighted by Gasteiger charge is -2.27. The molecule has 4 atom stereocenters. The summed E-state index contributed by atoms with van der Waals surface area (Å²) in [6, 6.07) is 0. The Bertz CT molecular complexity index is 1050. The number of hydrogen-bond acceptors (Lipinski definition) is 12. The summed E-state index contributed by atoms with van der Waals surface area (Å²) in [5.41, 5.74) is 0. The maximum atomic E-state index is 12.7. The van der Waals surface area contributed by atoms with Gasteiger partial charge in [0.25, 0.3) is 0 Å². The highest BCUT2D eigenvalue weighted by Gasteiger charge is 2.18. The minimum absolute atomic E-state index is 0.182. The third kappa shape index (κ3) is 57.0. The average Bonchev–Trinajstić information content (AvgIpc) is 3.40. The molecule has 0 rings (SSSR count). The molecule has 0 saturated heterocycles. The topological polar surface area (TPSA) is 140 Å². The van der Waals surface area contributed by atoms with Gasteiger partial charge < -0.3 is 29.9 Å². The minimum atomic E-state index is -0.382. The standard InChI is InChI=1S/C64H128N2O8S2/c1-5-9-13-17-21-25-29-33-41-59(67)55-65(56-60(68)42-34-30-26-22-18-14-10-6-2)47-39-37-45-63(71)75-53-51-73-49-50-74-52-54-76-64(72)46-38-40-48-66(57-61(69)43-35-31-27-23-19-15-11-7-3)58-62(70)44-36-32-28-24-20-16-12-8-4/h59-62,67-70H,5-58H2,1-4H3. The van der Waals surface area contributed by atoms with E-state index in [2.05, 4.69) is 37.5 Å². The molecule has 0 amide bonds. The van der Waals surface area contributed by atoms with Crippen LogP contribution in [0.4, 0.5) is 0 Å². The van der Waals surface area contributed by atoms with Crippen LogP contribution < -0.4 is 0 Å². The first-order chi connectivity index (χ1) is 37.1. The van der Waals surface area contributed by atoms with E-state index in [1.165, 1.54) is 203 Å². The highest BCUT2D eigenvalue weighted by Crippen LogP contribution is 2.18. The molecule has 10 nitrogen and oxygen atoms in total. The van der Waals surface area contributed by atoms with E-state index in [-0.39, 0.29) is 34.6 Å². The molecule has 0 radical (unpaired) electrons. The number of ether oxygens (including phenoxy) is 2. The zero-order chi connectivity index (χ0) is 55.6. The van der Waals surface area contributed by atoms with Crippen molar-refractivity contribution in [1.82, 2.24) is 9.80 Å². The van der Waals surface area contributed by atoms with Crippen LogP contribution in [-0.2, 0) is 19.1 Å². The Morgan fingerprint density at radius 1 is 0.329 bits per heavy atom. The maximum absolute atomic E-state index is 12.7. The van der Waals surface area contributed by atoms with E-state index in [4.69, 9.17) is 9.47 Å². The summed E-state index contributed by atoms with van der Waals surface area (Å²) in [4.78, 5) is 29.8. The zero-order valence-electron chi connectivity index (χ0n) is 50.6. The van der Waals surface area contributed by atoms with E-state index in [9.17, 15) is 30.0 Å². The van der Waals surface area contributed by atoms with Crippen molar-refractivity contribution in [2.24, 2.45) is 0 Å². The second-order valence-electron chi connectivity index (χ2n) is 22.8. The Morgan fingerprint density at radius 3 is 0.816 bits per heavy atom. The third-order valence-electron chi connectivity index (χ3n) is 15.0. The third-order valence-corrected chi connectivity index (χ3v) is 16.8. The van der Waals surface area contributed by atoms with Gasteiger partial charge in [-0.3, -0.25) is 19.4 Å². The Morgan fingerprint density at radius 2 is 0.566 bits per heavy atom. The molecule has 0 aliphatic carbocycles. The Labute approximate surface area is 479 Å². The molecule has 0 aromatic carbocycles. The highest BCUT2D eigenvalue weighted by molar-refractivity contribution is 8.13. The molecular weight excluding hydrogens is 989 g/mol. The zero-order valence-corrected chi connectivity index (χ0v) is 52.3. The van der Waals surface area contributed by atoms with Crippen LogP contribution in [0.3, 0.4) is 0 Å². The number of aliphatic hydroxyl groups is 4. The molecule has 0 spiro atoms. The Kier molecular flexibility index (Phi) is 60.6. The molecule has 4 N–H and O–H groups in total. The summed E-state index contributed by atoms with van der Waals surface area (Å²) >= 11 is 2.66. The normalized spacial score (nSPS) is 13.6. The highest BCUT2D eigenvalue weighted by atomic mass is 32.2. The lowest BCUT2D eigenvalue weighted by atomic mass is 10.0. The summed E-state index contributed by atoms with van der Waals surface area (Å²) < 4.78 is 11.4. The van der Waals surface area contributed by atoms with Gasteiger partial charge in [-0.15, -0.1) is 0 Å². The number of rotatable bonds is 63. The summed E-state index contributed by atoms with van der Waals surface area (Å²) in [5.74, 6) is 1.23. The van der Waals surface area contributed by atoms with Crippen LogP contribution in [0, 0.1) is 0 Å². The van der Waals surface area contributed by atoms with Crippen LogP contribution in [-0.4, -0.2) is 142 Å². The SMILES string of the molecule is CCCCCCCCCCC(O)CN(CCCCC(=O)SCCOCCOCCSC(=O)CCCCN(CC(O)CCCCCCCCCC)CC(O)CCCCCCCCCC)CC(O)CCCCCCCCCC. The first-order valence-electron chi connectivity index (χ1n) is 32.8. The van der Waals surface area contributed by atoms with E-state index < -0.39 is 0 Å². The summed E-state index contributed by atoms with van der Waals surface area (Å²) in [6.07, 6.45) is 46.2. The predicted molar refractivity (Wildman–Crippen MR) is 330 cm³/mol. The van der Waals surface area contributed by atoms with Gasteiger partial charge in [-0.2, -0.15) is 0 Å². The Hall–Kier alpha value is -0.280. The molecule has 4 unspecified atom stereocenters. The molecule has 0 aromatic heterocycles. The molecule has 0 bridgehead atoms. The number of hydrogen-bond donors (Lipinski definition) is 4. The van der Waals surface area contributed by atoms with Crippen molar-refractivity contribution in [2.45, 2.75) is 322 Å². The first-order valence-corrected chi connectivity index (χ1v) is 34.8. The fourth-order valence-corrected chi connectivity index (χ4v) is 11.7. The monoisotopic (exact) mass is 1120 g/mol. The second-order valence-corrected chi connectivity index (χ2v) is 25.1. The molecule has 12 heteroatoms. The van der Waals surface area contributed by atoms with Gasteiger partial charge in [-0.25, -0.2) is 0 Å². The quantitative estimate of drug-likeness (QED) is 0.0431. The molecule has 454 valence electrons. The van der Waals surface area contributed by atoms with E-state index in [1.807, 2.05) is 0 Å². The van der Waals surface area contributed by atoms with E-state index in [0.717, 1.165) is 90.1 Å². The van der Waals surface area contributed by atoms with Crippen molar-refractivity contribution in [3.8, 4) is 0 Å². The van der Waals surface area contributed by atoms with Crippen LogP contribution in [0.1, 0.15) is 297 Å².